The normalized spacial score (nSPS) is 10.3. The van der Waals surface area contributed by atoms with E-state index in [1.54, 1.807) is 20.1 Å². The Morgan fingerprint density at radius 2 is 2.20 bits per heavy atom. The quantitative estimate of drug-likeness (QED) is 0.678. The number of carbonyl (C=O) groups is 2. The number of nitrogens with one attached hydrogen (secondary N) is 1. The van der Waals surface area contributed by atoms with Crippen molar-refractivity contribution in [3.05, 3.63) is 11.8 Å². The number of anilines is 1. The number of rotatable bonds is 8. The number of methoxy groups -OCH3 is 1. The minimum absolute atomic E-state index is 0.0849. The Kier molecular flexibility index (Phi) is 6.68. The summed E-state index contributed by atoms with van der Waals surface area (Å²) < 4.78 is 14.7. The molecule has 0 fully saturated rings. The Hall–Kier alpha value is -1.93. The summed E-state index contributed by atoms with van der Waals surface area (Å²) in [7, 11) is 3.07. The Labute approximate surface area is 117 Å². The Balaban J connectivity index is 2.28. The summed E-state index contributed by atoms with van der Waals surface area (Å²) in [6.07, 6.45) is 0. The predicted molar refractivity (Wildman–Crippen MR) is 70.2 cm³/mol. The van der Waals surface area contributed by atoms with Gasteiger partial charge in [0.1, 0.15) is 12.4 Å². The molecule has 1 rings (SSSR count). The lowest BCUT2D eigenvalue weighted by molar-refractivity contribution is -0.137. The molecule has 2 amide bonds. The zero-order valence-electron chi connectivity index (χ0n) is 11.8. The summed E-state index contributed by atoms with van der Waals surface area (Å²) in [6, 6.07) is 1.59. The maximum absolute atomic E-state index is 11.7. The largest absolute Gasteiger partial charge is 0.382 e. The molecule has 0 unspecified atom stereocenters. The summed E-state index contributed by atoms with van der Waals surface area (Å²) in [5.74, 6) is 0.277. The number of nitrogens with zero attached hydrogens (tertiary/aromatic N) is 2. The van der Waals surface area contributed by atoms with Crippen LogP contribution in [0, 0.1) is 6.92 Å². The summed E-state index contributed by atoms with van der Waals surface area (Å²) in [4.78, 5) is 24.6. The third kappa shape index (κ3) is 5.81. The Morgan fingerprint density at radius 1 is 1.45 bits per heavy atom. The molecule has 0 saturated heterocycles. The van der Waals surface area contributed by atoms with E-state index in [9.17, 15) is 9.59 Å². The molecule has 0 spiro atoms. The van der Waals surface area contributed by atoms with Gasteiger partial charge in [-0.2, -0.15) is 0 Å². The second-order valence-electron chi connectivity index (χ2n) is 4.17. The Morgan fingerprint density at radius 3 is 2.80 bits per heavy atom. The van der Waals surface area contributed by atoms with Crippen LogP contribution in [-0.2, 0) is 19.1 Å². The first-order chi connectivity index (χ1) is 9.52. The van der Waals surface area contributed by atoms with Crippen LogP contribution in [0.15, 0.2) is 10.6 Å². The molecular formula is C12H19N3O5. The van der Waals surface area contributed by atoms with Crippen molar-refractivity contribution in [3.8, 4) is 0 Å². The van der Waals surface area contributed by atoms with Crippen LogP contribution < -0.4 is 5.32 Å². The molecule has 0 aromatic carbocycles. The van der Waals surface area contributed by atoms with E-state index in [1.807, 2.05) is 0 Å². The third-order valence-corrected chi connectivity index (χ3v) is 2.36. The van der Waals surface area contributed by atoms with Gasteiger partial charge in [0.25, 0.3) is 0 Å². The molecule has 1 heterocycles. The van der Waals surface area contributed by atoms with E-state index in [-0.39, 0.29) is 25.0 Å². The number of likely N-dealkylation sites (N-methyl/N-ethyl adjacent to an activating group) is 1. The average molecular weight is 285 g/mol. The zero-order chi connectivity index (χ0) is 15.0. The molecule has 1 N–H and O–H groups in total. The molecule has 0 radical (unpaired) electrons. The van der Waals surface area contributed by atoms with Crippen LogP contribution in [0.1, 0.15) is 5.76 Å². The molecule has 0 bridgehead atoms. The fourth-order valence-electron chi connectivity index (χ4n) is 1.32. The highest BCUT2D eigenvalue weighted by atomic mass is 16.5. The SMILES string of the molecule is COCCOCC(=O)N(C)CC(=O)Nc1cc(C)on1. The van der Waals surface area contributed by atoms with Crippen LogP contribution in [0.25, 0.3) is 0 Å². The minimum atomic E-state index is -0.356. The summed E-state index contributed by atoms with van der Waals surface area (Å²) >= 11 is 0. The molecule has 1 aromatic heterocycles. The van der Waals surface area contributed by atoms with Crippen molar-refractivity contribution >= 4 is 17.6 Å². The van der Waals surface area contributed by atoms with Gasteiger partial charge >= 0.3 is 0 Å². The van der Waals surface area contributed by atoms with Crippen LogP contribution in [0.3, 0.4) is 0 Å². The fourth-order valence-corrected chi connectivity index (χ4v) is 1.32. The molecule has 0 aliphatic heterocycles. The fraction of sp³-hybridized carbons (Fsp3) is 0.583. The second kappa shape index (κ2) is 8.28. The lowest BCUT2D eigenvalue weighted by Crippen LogP contribution is -2.37. The van der Waals surface area contributed by atoms with Crippen LogP contribution in [0.5, 0.6) is 0 Å². The van der Waals surface area contributed by atoms with Gasteiger partial charge in [0, 0.05) is 20.2 Å². The van der Waals surface area contributed by atoms with Crippen molar-refractivity contribution in [1.82, 2.24) is 10.1 Å². The van der Waals surface area contributed by atoms with Crippen LogP contribution in [0.2, 0.25) is 0 Å². The van der Waals surface area contributed by atoms with Gasteiger partial charge in [0.2, 0.25) is 11.8 Å². The van der Waals surface area contributed by atoms with Crippen molar-refractivity contribution in [2.75, 3.05) is 45.8 Å². The second-order valence-corrected chi connectivity index (χ2v) is 4.17. The van der Waals surface area contributed by atoms with Crippen molar-refractivity contribution in [1.29, 1.82) is 0 Å². The molecular weight excluding hydrogens is 266 g/mol. The summed E-state index contributed by atoms with van der Waals surface area (Å²) in [5.41, 5.74) is 0. The highest BCUT2D eigenvalue weighted by molar-refractivity contribution is 5.93. The zero-order valence-corrected chi connectivity index (χ0v) is 11.8. The van der Waals surface area contributed by atoms with E-state index in [4.69, 9.17) is 14.0 Å². The van der Waals surface area contributed by atoms with E-state index in [2.05, 4.69) is 10.5 Å². The van der Waals surface area contributed by atoms with Gasteiger partial charge in [-0.1, -0.05) is 5.16 Å². The van der Waals surface area contributed by atoms with Gasteiger partial charge in [-0.15, -0.1) is 0 Å². The molecule has 112 valence electrons. The first-order valence-corrected chi connectivity index (χ1v) is 6.06. The highest BCUT2D eigenvalue weighted by Crippen LogP contribution is 2.06. The van der Waals surface area contributed by atoms with Gasteiger partial charge in [-0.3, -0.25) is 9.59 Å². The van der Waals surface area contributed by atoms with E-state index < -0.39 is 0 Å². The number of ether oxygens (including phenoxy) is 2. The van der Waals surface area contributed by atoms with Crippen LogP contribution >= 0.6 is 0 Å². The van der Waals surface area contributed by atoms with Crippen molar-refractivity contribution in [2.24, 2.45) is 0 Å². The number of hydrogen-bond acceptors (Lipinski definition) is 6. The van der Waals surface area contributed by atoms with Crippen LogP contribution in [-0.4, -0.2) is 62.4 Å². The van der Waals surface area contributed by atoms with Crippen molar-refractivity contribution in [2.45, 2.75) is 6.92 Å². The molecule has 20 heavy (non-hydrogen) atoms. The molecule has 0 aliphatic carbocycles. The average Bonchev–Trinajstić information content (AvgIpc) is 2.79. The van der Waals surface area contributed by atoms with E-state index >= 15 is 0 Å². The van der Waals surface area contributed by atoms with Crippen LogP contribution in [0.4, 0.5) is 5.82 Å². The van der Waals surface area contributed by atoms with Gasteiger partial charge in [-0.25, -0.2) is 0 Å². The molecule has 0 aliphatic rings. The van der Waals surface area contributed by atoms with E-state index in [1.165, 1.54) is 11.9 Å². The Bertz CT molecular complexity index is 446. The number of amides is 2. The van der Waals surface area contributed by atoms with Crippen molar-refractivity contribution < 1.29 is 23.6 Å². The standard InChI is InChI=1S/C12H19N3O5/c1-9-6-10(14-20-9)13-11(16)7-15(2)12(17)8-19-5-4-18-3/h6H,4-5,7-8H2,1-3H3,(H,13,14,16). The summed E-state index contributed by atoms with van der Waals surface area (Å²) in [6.45, 7) is 2.30. The summed E-state index contributed by atoms with van der Waals surface area (Å²) in [5, 5.41) is 6.16. The first kappa shape index (κ1) is 16.1. The molecule has 8 nitrogen and oxygen atoms in total. The minimum Gasteiger partial charge on any atom is -0.382 e. The van der Waals surface area contributed by atoms with Gasteiger partial charge in [-0.05, 0) is 6.92 Å². The monoisotopic (exact) mass is 285 g/mol. The highest BCUT2D eigenvalue weighted by Gasteiger charge is 2.14. The molecule has 0 saturated carbocycles. The maximum atomic E-state index is 11.7. The van der Waals surface area contributed by atoms with Crippen molar-refractivity contribution in [3.63, 3.8) is 0 Å². The topological polar surface area (TPSA) is 93.9 Å². The van der Waals surface area contributed by atoms with E-state index in [0.29, 0.717) is 24.8 Å². The van der Waals surface area contributed by atoms with Gasteiger partial charge < -0.3 is 24.2 Å². The lowest BCUT2D eigenvalue weighted by atomic mass is 10.4. The predicted octanol–water partition coefficient (Wildman–Crippen LogP) is 0.0429. The number of hydrogen-bond donors (Lipinski definition) is 1. The number of aromatic nitrogens is 1. The van der Waals surface area contributed by atoms with Gasteiger partial charge in [0.05, 0.1) is 19.8 Å². The van der Waals surface area contributed by atoms with Gasteiger partial charge in [0.15, 0.2) is 5.82 Å². The number of aryl methyl sites for hydroxylation is 1. The smallest absolute Gasteiger partial charge is 0.248 e. The third-order valence-electron chi connectivity index (χ3n) is 2.36. The van der Waals surface area contributed by atoms with E-state index in [0.717, 1.165) is 0 Å². The maximum Gasteiger partial charge on any atom is 0.248 e. The lowest BCUT2D eigenvalue weighted by Gasteiger charge is -2.16. The molecule has 1 aromatic rings. The first-order valence-electron chi connectivity index (χ1n) is 6.06. The number of carbonyl (C=O) groups excluding carboxylic acids is 2. The molecule has 8 heteroatoms. The molecule has 0 atom stereocenters.